The van der Waals surface area contributed by atoms with E-state index in [0.29, 0.717) is 6.61 Å². The predicted molar refractivity (Wildman–Crippen MR) is 82.0 cm³/mol. The summed E-state index contributed by atoms with van der Waals surface area (Å²) in [7, 11) is 0. The van der Waals surface area contributed by atoms with Crippen molar-refractivity contribution in [2.75, 3.05) is 6.61 Å². The maximum atomic E-state index is 11.4. The summed E-state index contributed by atoms with van der Waals surface area (Å²) in [5.74, 6) is -0.422. The summed E-state index contributed by atoms with van der Waals surface area (Å²) >= 11 is 0. The van der Waals surface area contributed by atoms with Crippen LogP contribution in [-0.2, 0) is 9.53 Å². The van der Waals surface area contributed by atoms with Crippen LogP contribution in [0.5, 0.6) is 0 Å². The largest absolute Gasteiger partial charge is 0.463 e. The third-order valence-corrected chi connectivity index (χ3v) is 2.93. The summed E-state index contributed by atoms with van der Waals surface area (Å²) in [6.45, 7) is 2.05. The molecule has 0 fully saturated rings. The minimum absolute atomic E-state index is 0.0243. The van der Waals surface area contributed by atoms with Crippen LogP contribution in [0, 0.1) is 10.1 Å². The average Bonchev–Trinajstić information content (AvgIpc) is 2.53. The Hall–Kier alpha value is -3.02. The maximum Gasteiger partial charge on any atom is 0.330 e. The normalized spacial score (nSPS) is 10.6. The van der Waals surface area contributed by atoms with E-state index in [0.717, 1.165) is 16.7 Å². The van der Waals surface area contributed by atoms with Crippen molar-refractivity contribution in [1.82, 2.24) is 4.98 Å². The van der Waals surface area contributed by atoms with Gasteiger partial charge in [0.1, 0.15) is 0 Å². The van der Waals surface area contributed by atoms with Gasteiger partial charge in [-0.15, -0.1) is 0 Å². The highest BCUT2D eigenvalue weighted by Gasteiger charge is 2.08. The number of non-ortho nitro benzene ring substituents is 1. The van der Waals surface area contributed by atoms with E-state index in [1.165, 1.54) is 18.2 Å². The molecule has 0 bridgehead atoms. The standard InChI is InChI=1S/C16H14N2O4/c1-2-22-16(19)8-5-13-9-10-17-11-15(13)12-3-6-14(7-4-12)18(20)21/h3-11H,2H2,1H3/b8-5+. The second-order valence-electron chi connectivity index (χ2n) is 4.35. The summed E-state index contributed by atoms with van der Waals surface area (Å²) in [5.41, 5.74) is 2.35. The zero-order valence-electron chi connectivity index (χ0n) is 11.9. The molecular weight excluding hydrogens is 284 g/mol. The molecule has 0 aliphatic rings. The molecule has 0 saturated heterocycles. The number of benzene rings is 1. The Kier molecular flexibility index (Phi) is 4.98. The molecule has 0 spiro atoms. The van der Waals surface area contributed by atoms with Crippen LogP contribution in [-0.4, -0.2) is 22.5 Å². The van der Waals surface area contributed by atoms with Crippen LogP contribution in [0.3, 0.4) is 0 Å². The van der Waals surface area contributed by atoms with E-state index < -0.39 is 10.9 Å². The zero-order chi connectivity index (χ0) is 15.9. The van der Waals surface area contributed by atoms with Gasteiger partial charge in [0.25, 0.3) is 5.69 Å². The van der Waals surface area contributed by atoms with Gasteiger partial charge in [-0.2, -0.15) is 0 Å². The van der Waals surface area contributed by atoms with E-state index >= 15 is 0 Å². The number of ether oxygens (including phenoxy) is 1. The molecule has 0 radical (unpaired) electrons. The van der Waals surface area contributed by atoms with Gasteiger partial charge in [0.05, 0.1) is 11.5 Å². The Labute approximate surface area is 127 Å². The van der Waals surface area contributed by atoms with E-state index in [1.54, 1.807) is 43.6 Å². The Balaban J connectivity index is 2.31. The van der Waals surface area contributed by atoms with Crippen LogP contribution in [0.1, 0.15) is 12.5 Å². The molecule has 0 aliphatic carbocycles. The highest BCUT2D eigenvalue weighted by atomic mass is 16.6. The number of aromatic nitrogens is 1. The Morgan fingerprint density at radius 3 is 2.68 bits per heavy atom. The highest BCUT2D eigenvalue weighted by Crippen LogP contribution is 2.25. The molecule has 0 unspecified atom stereocenters. The van der Waals surface area contributed by atoms with Crippen LogP contribution >= 0.6 is 0 Å². The molecule has 6 nitrogen and oxygen atoms in total. The summed E-state index contributed by atoms with van der Waals surface area (Å²) < 4.78 is 4.83. The van der Waals surface area contributed by atoms with Crippen molar-refractivity contribution in [2.45, 2.75) is 6.92 Å². The number of nitro benzene ring substituents is 1. The average molecular weight is 298 g/mol. The molecule has 0 amide bonds. The second kappa shape index (κ2) is 7.12. The number of pyridine rings is 1. The first-order valence-electron chi connectivity index (χ1n) is 6.65. The monoisotopic (exact) mass is 298 g/mol. The molecule has 1 aromatic heterocycles. The molecule has 2 rings (SSSR count). The first-order chi connectivity index (χ1) is 10.6. The van der Waals surface area contributed by atoms with Crippen LogP contribution in [0.15, 0.2) is 48.8 Å². The minimum Gasteiger partial charge on any atom is -0.463 e. The summed E-state index contributed by atoms with van der Waals surface area (Å²) in [6, 6.07) is 7.92. The van der Waals surface area contributed by atoms with Crippen LogP contribution in [0.4, 0.5) is 5.69 Å². The second-order valence-corrected chi connectivity index (χ2v) is 4.35. The molecule has 1 heterocycles. The number of carbonyl (C=O) groups is 1. The molecule has 2 aromatic rings. The van der Waals surface area contributed by atoms with E-state index in [9.17, 15) is 14.9 Å². The number of nitrogens with zero attached hydrogens (tertiary/aromatic N) is 2. The van der Waals surface area contributed by atoms with Crippen molar-refractivity contribution >= 4 is 17.7 Å². The van der Waals surface area contributed by atoms with Gasteiger partial charge in [-0.05, 0) is 42.3 Å². The Bertz CT molecular complexity index is 708. The van der Waals surface area contributed by atoms with Gasteiger partial charge in [-0.1, -0.05) is 0 Å². The fourth-order valence-electron chi connectivity index (χ4n) is 1.90. The molecule has 6 heteroatoms. The van der Waals surface area contributed by atoms with Crippen molar-refractivity contribution in [2.24, 2.45) is 0 Å². The summed E-state index contributed by atoms with van der Waals surface area (Å²) in [4.78, 5) is 25.7. The Morgan fingerprint density at radius 2 is 2.05 bits per heavy atom. The third-order valence-electron chi connectivity index (χ3n) is 2.93. The van der Waals surface area contributed by atoms with Gasteiger partial charge in [-0.25, -0.2) is 4.79 Å². The fraction of sp³-hybridized carbons (Fsp3) is 0.125. The number of hydrogen-bond acceptors (Lipinski definition) is 5. The van der Waals surface area contributed by atoms with Crippen molar-refractivity contribution in [3.63, 3.8) is 0 Å². The van der Waals surface area contributed by atoms with Crippen LogP contribution < -0.4 is 0 Å². The SMILES string of the molecule is CCOC(=O)/C=C/c1ccncc1-c1ccc([N+](=O)[O-])cc1. The lowest BCUT2D eigenvalue weighted by molar-refractivity contribution is -0.384. The summed E-state index contributed by atoms with van der Waals surface area (Å²) in [6.07, 6.45) is 6.23. The first-order valence-corrected chi connectivity index (χ1v) is 6.65. The molecule has 0 atom stereocenters. The lowest BCUT2D eigenvalue weighted by Crippen LogP contribution is -1.98. The minimum atomic E-state index is -0.450. The Morgan fingerprint density at radius 1 is 1.32 bits per heavy atom. The number of carbonyl (C=O) groups excluding carboxylic acids is 1. The number of rotatable bonds is 5. The van der Waals surface area contributed by atoms with Gasteiger partial charge in [-0.3, -0.25) is 15.1 Å². The van der Waals surface area contributed by atoms with E-state index in [2.05, 4.69) is 4.98 Å². The van der Waals surface area contributed by atoms with Crippen molar-refractivity contribution < 1.29 is 14.5 Å². The topological polar surface area (TPSA) is 82.3 Å². The number of hydrogen-bond donors (Lipinski definition) is 0. The van der Waals surface area contributed by atoms with Crippen molar-refractivity contribution in [3.05, 3.63) is 64.5 Å². The first kappa shape index (κ1) is 15.4. The van der Waals surface area contributed by atoms with Gasteiger partial charge < -0.3 is 4.74 Å². The smallest absolute Gasteiger partial charge is 0.330 e. The molecule has 22 heavy (non-hydrogen) atoms. The number of esters is 1. The summed E-state index contributed by atoms with van der Waals surface area (Å²) in [5, 5.41) is 10.7. The molecule has 0 saturated carbocycles. The zero-order valence-corrected chi connectivity index (χ0v) is 11.9. The van der Waals surface area contributed by atoms with E-state index in [4.69, 9.17) is 4.74 Å². The fourth-order valence-corrected chi connectivity index (χ4v) is 1.90. The van der Waals surface area contributed by atoms with Crippen LogP contribution in [0.25, 0.3) is 17.2 Å². The van der Waals surface area contributed by atoms with Crippen LogP contribution in [0.2, 0.25) is 0 Å². The molecule has 112 valence electrons. The predicted octanol–water partition coefficient (Wildman–Crippen LogP) is 3.23. The van der Waals surface area contributed by atoms with Gasteiger partial charge in [0.2, 0.25) is 0 Å². The lowest BCUT2D eigenvalue weighted by Gasteiger charge is -2.05. The molecule has 0 N–H and O–H groups in total. The molecule has 1 aromatic carbocycles. The third kappa shape index (κ3) is 3.76. The molecule has 0 aliphatic heterocycles. The lowest BCUT2D eigenvalue weighted by atomic mass is 10.0. The van der Waals surface area contributed by atoms with E-state index in [-0.39, 0.29) is 5.69 Å². The molecular formula is C16H14N2O4. The quantitative estimate of drug-likeness (QED) is 0.366. The maximum absolute atomic E-state index is 11.4. The number of nitro groups is 1. The van der Waals surface area contributed by atoms with Gasteiger partial charge in [0.15, 0.2) is 0 Å². The van der Waals surface area contributed by atoms with E-state index in [1.807, 2.05) is 0 Å². The van der Waals surface area contributed by atoms with Gasteiger partial charge in [0, 0.05) is 36.2 Å². The van der Waals surface area contributed by atoms with Gasteiger partial charge >= 0.3 is 5.97 Å². The van der Waals surface area contributed by atoms with Crippen molar-refractivity contribution in [1.29, 1.82) is 0 Å². The highest BCUT2D eigenvalue weighted by molar-refractivity contribution is 5.89. The van der Waals surface area contributed by atoms with Crippen molar-refractivity contribution in [3.8, 4) is 11.1 Å².